The van der Waals surface area contributed by atoms with Crippen LogP contribution in [0.4, 0.5) is 18.9 Å². The molecule has 1 heterocycles. The Morgan fingerprint density at radius 3 is 2.53 bits per heavy atom. The third-order valence-electron chi connectivity index (χ3n) is 2.12. The van der Waals surface area contributed by atoms with Crippen molar-refractivity contribution in [2.24, 2.45) is 0 Å². The van der Waals surface area contributed by atoms with Crippen LogP contribution in [-0.2, 0) is 6.18 Å². The molecule has 1 aromatic heterocycles. The Morgan fingerprint density at radius 2 is 2.00 bits per heavy atom. The second-order valence-corrected chi connectivity index (χ2v) is 4.12. The summed E-state index contributed by atoms with van der Waals surface area (Å²) in [5.74, 6) is 0. The van der Waals surface area contributed by atoms with Crippen LogP contribution in [-0.4, -0.2) is 4.92 Å². The van der Waals surface area contributed by atoms with Gasteiger partial charge in [0.15, 0.2) is 0 Å². The fourth-order valence-corrected chi connectivity index (χ4v) is 1.89. The van der Waals surface area contributed by atoms with Gasteiger partial charge in [-0.2, -0.15) is 13.2 Å². The van der Waals surface area contributed by atoms with Gasteiger partial charge in [-0.15, -0.1) is 0 Å². The Kier molecular flexibility index (Phi) is 2.61. The Morgan fingerprint density at radius 1 is 1.35 bits per heavy atom. The van der Waals surface area contributed by atoms with Crippen molar-refractivity contribution in [3.63, 3.8) is 0 Å². The number of hydrogen-bond donors (Lipinski definition) is 0. The molecule has 17 heavy (non-hydrogen) atoms. The summed E-state index contributed by atoms with van der Waals surface area (Å²) in [5, 5.41) is 10.3. The van der Waals surface area contributed by atoms with E-state index in [0.29, 0.717) is 6.26 Å². The molecule has 90 valence electrons. The van der Waals surface area contributed by atoms with E-state index < -0.39 is 22.4 Å². The zero-order valence-corrected chi connectivity index (χ0v) is 9.50. The molecule has 0 aliphatic heterocycles. The van der Waals surface area contributed by atoms with Gasteiger partial charge in [-0.1, -0.05) is 15.9 Å². The number of nitro groups is 1. The quantitative estimate of drug-likeness (QED) is 0.588. The fraction of sp³-hybridized carbons (Fsp3) is 0.111. The highest BCUT2D eigenvalue weighted by Crippen LogP contribution is 2.40. The molecule has 2 aromatic rings. The first-order chi connectivity index (χ1) is 7.80. The normalized spacial score (nSPS) is 12.0. The third kappa shape index (κ3) is 1.99. The summed E-state index contributed by atoms with van der Waals surface area (Å²) >= 11 is 2.92. The van der Waals surface area contributed by atoms with Gasteiger partial charge in [0.1, 0.15) is 11.8 Å². The molecule has 8 heteroatoms. The second-order valence-electron chi connectivity index (χ2n) is 3.21. The maximum Gasteiger partial charge on any atom is 0.420 e. The molecule has 0 saturated heterocycles. The van der Waals surface area contributed by atoms with Gasteiger partial charge in [-0.3, -0.25) is 10.1 Å². The Labute approximate surface area is 100 Å². The number of benzene rings is 1. The number of halogens is 4. The largest absolute Gasteiger partial charge is 0.456 e. The number of alkyl halides is 3. The van der Waals surface area contributed by atoms with E-state index in [1.807, 2.05) is 0 Å². The Hall–Kier alpha value is -1.57. The minimum atomic E-state index is -4.61. The molecule has 0 N–H and O–H groups in total. The summed E-state index contributed by atoms with van der Waals surface area (Å²) in [6.07, 6.45) is -4.13. The molecule has 0 radical (unpaired) electrons. The number of non-ortho nitro benzene ring substituents is 1. The number of nitro benzene ring substituents is 1. The van der Waals surface area contributed by atoms with Crippen LogP contribution >= 0.6 is 15.9 Å². The van der Waals surface area contributed by atoms with Crippen LogP contribution < -0.4 is 0 Å². The topological polar surface area (TPSA) is 56.3 Å². The van der Waals surface area contributed by atoms with Gasteiger partial charge in [0.05, 0.1) is 4.92 Å². The molecule has 4 nitrogen and oxygen atoms in total. The third-order valence-corrected chi connectivity index (χ3v) is 2.58. The summed E-state index contributed by atoms with van der Waals surface area (Å²) < 4.78 is 42.5. The monoisotopic (exact) mass is 309 g/mol. The van der Waals surface area contributed by atoms with Gasteiger partial charge in [-0.25, -0.2) is 0 Å². The smallest absolute Gasteiger partial charge is 0.420 e. The molecule has 0 atom stereocenters. The summed E-state index contributed by atoms with van der Waals surface area (Å²) in [6.45, 7) is 0. The number of nitrogens with zero attached hydrogens (tertiary/aromatic N) is 1. The van der Waals surface area contributed by atoms with Crippen molar-refractivity contribution in [3.8, 4) is 0 Å². The zero-order valence-electron chi connectivity index (χ0n) is 7.92. The molecule has 0 saturated carbocycles. The maximum absolute atomic E-state index is 12.6. The van der Waals surface area contributed by atoms with Gasteiger partial charge in [0, 0.05) is 15.9 Å². The van der Waals surface area contributed by atoms with Crippen molar-refractivity contribution in [2.75, 3.05) is 0 Å². The van der Waals surface area contributed by atoms with Crippen molar-refractivity contribution in [2.45, 2.75) is 6.18 Å². The molecular weight excluding hydrogens is 307 g/mol. The van der Waals surface area contributed by atoms with Gasteiger partial charge in [-0.05, 0) is 6.07 Å². The molecule has 0 unspecified atom stereocenters. The number of furan rings is 1. The first-order valence-electron chi connectivity index (χ1n) is 4.23. The van der Waals surface area contributed by atoms with E-state index in [-0.39, 0.29) is 15.4 Å². The van der Waals surface area contributed by atoms with Gasteiger partial charge >= 0.3 is 11.9 Å². The SMILES string of the molecule is O=[N+]([O-])c1cc(Br)cc2c(C(F)(F)F)coc12. The predicted octanol–water partition coefficient (Wildman–Crippen LogP) is 4.12. The minimum absolute atomic E-state index is 0.184. The maximum atomic E-state index is 12.6. The standard InChI is InChI=1S/C9H3BrF3NO3/c10-4-1-5-6(9(11,12)13)3-17-8(5)7(2-4)14(15)16/h1-3H. The molecular formula is C9H3BrF3NO3. The Bertz CT molecular complexity index is 605. The van der Waals surface area contributed by atoms with E-state index in [9.17, 15) is 23.3 Å². The highest BCUT2D eigenvalue weighted by Gasteiger charge is 2.36. The summed E-state index contributed by atoms with van der Waals surface area (Å²) in [4.78, 5) is 9.87. The van der Waals surface area contributed by atoms with Crippen LogP contribution in [0.25, 0.3) is 11.0 Å². The van der Waals surface area contributed by atoms with Crippen LogP contribution in [0.2, 0.25) is 0 Å². The number of hydrogen-bond acceptors (Lipinski definition) is 3. The molecule has 0 bridgehead atoms. The average molecular weight is 310 g/mol. The number of fused-ring (bicyclic) bond motifs is 1. The van der Waals surface area contributed by atoms with Crippen molar-refractivity contribution >= 4 is 32.6 Å². The van der Waals surface area contributed by atoms with Crippen molar-refractivity contribution in [3.05, 3.63) is 38.5 Å². The first-order valence-corrected chi connectivity index (χ1v) is 5.02. The van der Waals surface area contributed by atoms with Crippen LogP contribution in [0, 0.1) is 10.1 Å². The van der Waals surface area contributed by atoms with Crippen LogP contribution in [0.15, 0.2) is 27.3 Å². The number of rotatable bonds is 1. The highest BCUT2D eigenvalue weighted by molar-refractivity contribution is 9.10. The zero-order chi connectivity index (χ0) is 12.8. The second kappa shape index (κ2) is 3.73. The molecule has 2 rings (SSSR count). The van der Waals surface area contributed by atoms with Gasteiger partial charge in [0.25, 0.3) is 0 Å². The molecule has 0 spiro atoms. The molecule has 0 aliphatic carbocycles. The van der Waals surface area contributed by atoms with Crippen LogP contribution in [0.3, 0.4) is 0 Å². The summed E-state index contributed by atoms with van der Waals surface area (Å²) in [6, 6.07) is 2.22. The lowest BCUT2D eigenvalue weighted by Gasteiger charge is -2.02. The molecule has 1 aromatic carbocycles. The molecule has 0 fully saturated rings. The van der Waals surface area contributed by atoms with Crippen LogP contribution in [0.1, 0.15) is 5.56 Å². The highest BCUT2D eigenvalue weighted by atomic mass is 79.9. The lowest BCUT2D eigenvalue weighted by Crippen LogP contribution is -2.03. The summed E-state index contributed by atoms with van der Waals surface area (Å²) in [5.41, 5.74) is -1.92. The summed E-state index contributed by atoms with van der Waals surface area (Å²) in [7, 11) is 0. The van der Waals surface area contributed by atoms with Gasteiger partial charge in [0.2, 0.25) is 5.58 Å². The van der Waals surface area contributed by atoms with Crippen LogP contribution in [0.5, 0.6) is 0 Å². The van der Waals surface area contributed by atoms with E-state index in [0.717, 1.165) is 12.1 Å². The average Bonchev–Trinajstić information content (AvgIpc) is 2.58. The van der Waals surface area contributed by atoms with Gasteiger partial charge < -0.3 is 4.42 Å². The minimum Gasteiger partial charge on any atom is -0.456 e. The molecule has 0 amide bonds. The van der Waals surface area contributed by atoms with E-state index in [1.54, 1.807) is 0 Å². The lowest BCUT2D eigenvalue weighted by atomic mass is 10.1. The van der Waals surface area contributed by atoms with Crippen molar-refractivity contribution in [1.29, 1.82) is 0 Å². The van der Waals surface area contributed by atoms with E-state index >= 15 is 0 Å². The van der Waals surface area contributed by atoms with E-state index in [2.05, 4.69) is 20.3 Å². The van der Waals surface area contributed by atoms with E-state index in [1.165, 1.54) is 0 Å². The first kappa shape index (κ1) is 11.9. The predicted molar refractivity (Wildman–Crippen MR) is 55.6 cm³/mol. The lowest BCUT2D eigenvalue weighted by molar-refractivity contribution is -0.383. The van der Waals surface area contributed by atoms with E-state index in [4.69, 9.17) is 0 Å². The fourth-order valence-electron chi connectivity index (χ4n) is 1.44. The Balaban J connectivity index is 2.83. The molecule has 0 aliphatic rings. The van der Waals surface area contributed by atoms with Crippen molar-refractivity contribution < 1.29 is 22.5 Å². The van der Waals surface area contributed by atoms with Crippen molar-refractivity contribution in [1.82, 2.24) is 0 Å².